The van der Waals surface area contributed by atoms with Crippen LogP contribution in [0.5, 0.6) is 0 Å². The highest BCUT2D eigenvalue weighted by Gasteiger charge is 2.19. The zero-order chi connectivity index (χ0) is 9.56. The molecule has 5 heteroatoms. The first kappa shape index (κ1) is 11.5. The van der Waals surface area contributed by atoms with Crippen molar-refractivity contribution < 1.29 is 24.5 Å². The molecule has 0 fully saturated rings. The molecule has 0 aliphatic heterocycles. The average Bonchev–Trinajstić information content (AvgIpc) is 2.06. The molecule has 72 valence electrons. The molecule has 0 saturated heterocycles. The number of hydrogen-bond donors (Lipinski definition) is 2. The number of hydrogen-bond acceptors (Lipinski definition) is 5. The average molecular weight is 178 g/mol. The van der Waals surface area contributed by atoms with E-state index >= 15 is 0 Å². The molecular formula is C7H14O5. The van der Waals surface area contributed by atoms with Crippen molar-refractivity contribution in [3.05, 3.63) is 0 Å². The Morgan fingerprint density at radius 2 is 2.17 bits per heavy atom. The van der Waals surface area contributed by atoms with Gasteiger partial charge in [-0.15, -0.1) is 0 Å². The van der Waals surface area contributed by atoms with Gasteiger partial charge in [-0.2, -0.15) is 0 Å². The lowest BCUT2D eigenvalue weighted by atomic mass is 10.3. The standard InChI is InChI=1S/C7H14O5/c1-5(10)7(11-2)12-6(3-8)4-9/h3,5-7,9-10H,4H2,1-2H3/t5?,6?,7-/m1/s1. The SMILES string of the molecule is CO[C@H](OC(C=O)CO)C(C)O. The highest BCUT2D eigenvalue weighted by atomic mass is 16.7. The van der Waals surface area contributed by atoms with Gasteiger partial charge in [-0.3, -0.25) is 0 Å². The first-order chi connectivity index (χ1) is 5.65. The van der Waals surface area contributed by atoms with Gasteiger partial charge < -0.3 is 24.5 Å². The molecule has 0 bridgehead atoms. The van der Waals surface area contributed by atoms with E-state index in [1.165, 1.54) is 14.0 Å². The van der Waals surface area contributed by atoms with Crippen LogP contribution in [-0.2, 0) is 14.3 Å². The predicted molar refractivity (Wildman–Crippen MR) is 40.5 cm³/mol. The maximum Gasteiger partial charge on any atom is 0.183 e. The number of aliphatic hydroxyl groups excluding tert-OH is 2. The Bertz CT molecular complexity index is 125. The number of ether oxygens (including phenoxy) is 2. The van der Waals surface area contributed by atoms with Crippen LogP contribution in [0.4, 0.5) is 0 Å². The minimum atomic E-state index is -0.940. The highest BCUT2D eigenvalue weighted by molar-refractivity contribution is 5.56. The molecule has 2 unspecified atom stereocenters. The van der Waals surface area contributed by atoms with Crippen LogP contribution < -0.4 is 0 Å². The Morgan fingerprint density at radius 3 is 2.42 bits per heavy atom. The first-order valence-corrected chi connectivity index (χ1v) is 3.58. The molecule has 5 nitrogen and oxygen atoms in total. The summed E-state index contributed by atoms with van der Waals surface area (Å²) in [5, 5.41) is 17.6. The molecule has 2 N–H and O–H groups in total. The third kappa shape index (κ3) is 3.77. The smallest absolute Gasteiger partial charge is 0.183 e. The molecule has 0 aromatic heterocycles. The van der Waals surface area contributed by atoms with Crippen LogP contribution in [0.2, 0.25) is 0 Å². The number of aldehydes is 1. The van der Waals surface area contributed by atoms with Gasteiger partial charge in [0.15, 0.2) is 12.6 Å². The second-order valence-electron chi connectivity index (χ2n) is 2.34. The number of methoxy groups -OCH3 is 1. The molecule has 0 aromatic rings. The van der Waals surface area contributed by atoms with E-state index in [9.17, 15) is 4.79 Å². The molecule has 0 radical (unpaired) electrons. The third-order valence-corrected chi connectivity index (χ3v) is 1.27. The normalized spacial score (nSPS) is 18.3. The van der Waals surface area contributed by atoms with Gasteiger partial charge in [-0.25, -0.2) is 0 Å². The second-order valence-corrected chi connectivity index (χ2v) is 2.34. The maximum absolute atomic E-state index is 10.2. The van der Waals surface area contributed by atoms with Crippen molar-refractivity contribution in [1.29, 1.82) is 0 Å². The van der Waals surface area contributed by atoms with Crippen molar-refractivity contribution in [3.8, 4) is 0 Å². The van der Waals surface area contributed by atoms with Gasteiger partial charge >= 0.3 is 0 Å². The van der Waals surface area contributed by atoms with Crippen LogP contribution in [0, 0.1) is 0 Å². The zero-order valence-electron chi connectivity index (χ0n) is 7.14. The molecule has 0 aliphatic carbocycles. The number of rotatable bonds is 6. The second kappa shape index (κ2) is 6.07. The van der Waals surface area contributed by atoms with E-state index in [1.54, 1.807) is 0 Å². The number of aliphatic hydroxyl groups is 2. The molecule has 0 aromatic carbocycles. The molecule has 0 heterocycles. The van der Waals surface area contributed by atoms with Crippen molar-refractivity contribution in [2.45, 2.75) is 25.4 Å². The summed E-state index contributed by atoms with van der Waals surface area (Å²) in [6.45, 7) is 1.05. The van der Waals surface area contributed by atoms with Crippen molar-refractivity contribution in [2.24, 2.45) is 0 Å². The summed E-state index contributed by atoms with van der Waals surface area (Å²) in [6, 6.07) is 0. The minimum absolute atomic E-state index is 0.421. The molecular weight excluding hydrogens is 164 g/mol. The van der Waals surface area contributed by atoms with Crippen molar-refractivity contribution >= 4 is 6.29 Å². The summed E-state index contributed by atoms with van der Waals surface area (Å²) in [7, 11) is 1.34. The Hall–Kier alpha value is -0.490. The lowest BCUT2D eigenvalue weighted by Crippen LogP contribution is -2.34. The fraction of sp³-hybridized carbons (Fsp3) is 0.857. The van der Waals surface area contributed by atoms with E-state index < -0.39 is 25.1 Å². The molecule has 0 saturated carbocycles. The lowest BCUT2D eigenvalue weighted by Gasteiger charge is -2.21. The zero-order valence-corrected chi connectivity index (χ0v) is 7.14. The van der Waals surface area contributed by atoms with E-state index in [0.29, 0.717) is 6.29 Å². The van der Waals surface area contributed by atoms with Crippen LogP contribution in [0.25, 0.3) is 0 Å². The van der Waals surface area contributed by atoms with Crippen LogP contribution in [0.15, 0.2) is 0 Å². The van der Waals surface area contributed by atoms with E-state index in [4.69, 9.17) is 19.7 Å². The molecule has 0 spiro atoms. The van der Waals surface area contributed by atoms with Gasteiger partial charge in [0.2, 0.25) is 0 Å². The Labute approximate surface area is 70.9 Å². The van der Waals surface area contributed by atoms with Crippen LogP contribution in [-0.4, -0.2) is 48.7 Å². The number of carbonyl (C=O) groups excluding carboxylic acids is 1. The summed E-state index contributed by atoms with van der Waals surface area (Å²) in [6.07, 6.45) is -2.21. The fourth-order valence-corrected chi connectivity index (χ4v) is 0.657. The van der Waals surface area contributed by atoms with E-state index in [1.807, 2.05) is 0 Å². The monoisotopic (exact) mass is 178 g/mol. The van der Waals surface area contributed by atoms with Gasteiger partial charge in [-0.1, -0.05) is 0 Å². The summed E-state index contributed by atoms with van der Waals surface area (Å²) in [4.78, 5) is 10.2. The Kier molecular flexibility index (Phi) is 5.83. The molecule has 0 aliphatic rings. The topological polar surface area (TPSA) is 76.0 Å². The summed E-state index contributed by atoms with van der Waals surface area (Å²) >= 11 is 0. The van der Waals surface area contributed by atoms with Gasteiger partial charge in [-0.05, 0) is 6.92 Å². The minimum Gasteiger partial charge on any atom is -0.393 e. The quantitative estimate of drug-likeness (QED) is 0.399. The van der Waals surface area contributed by atoms with E-state index in [2.05, 4.69) is 0 Å². The fourth-order valence-electron chi connectivity index (χ4n) is 0.657. The first-order valence-electron chi connectivity index (χ1n) is 3.58. The lowest BCUT2D eigenvalue weighted by molar-refractivity contribution is -0.201. The van der Waals surface area contributed by atoms with E-state index in [-0.39, 0.29) is 0 Å². The van der Waals surface area contributed by atoms with Crippen LogP contribution >= 0.6 is 0 Å². The molecule has 12 heavy (non-hydrogen) atoms. The Morgan fingerprint density at radius 1 is 1.58 bits per heavy atom. The molecule has 3 atom stereocenters. The highest BCUT2D eigenvalue weighted by Crippen LogP contribution is 2.02. The van der Waals surface area contributed by atoms with Crippen molar-refractivity contribution in [1.82, 2.24) is 0 Å². The maximum atomic E-state index is 10.2. The molecule has 0 amide bonds. The van der Waals surface area contributed by atoms with Gasteiger partial charge in [0.1, 0.15) is 12.2 Å². The van der Waals surface area contributed by atoms with E-state index in [0.717, 1.165) is 0 Å². The Balaban J connectivity index is 3.90. The van der Waals surface area contributed by atoms with Crippen molar-refractivity contribution in [3.63, 3.8) is 0 Å². The number of carbonyl (C=O) groups is 1. The largest absolute Gasteiger partial charge is 0.393 e. The van der Waals surface area contributed by atoms with Crippen LogP contribution in [0.1, 0.15) is 6.92 Å². The summed E-state index contributed by atoms with van der Waals surface area (Å²) in [5.41, 5.74) is 0. The van der Waals surface area contributed by atoms with Crippen LogP contribution in [0.3, 0.4) is 0 Å². The molecule has 0 rings (SSSR count). The van der Waals surface area contributed by atoms with Gasteiger partial charge in [0, 0.05) is 7.11 Å². The van der Waals surface area contributed by atoms with Gasteiger partial charge in [0.25, 0.3) is 0 Å². The predicted octanol–water partition coefficient (Wildman–Crippen LogP) is -1.08. The van der Waals surface area contributed by atoms with Gasteiger partial charge in [0.05, 0.1) is 6.61 Å². The summed E-state index contributed by atoms with van der Waals surface area (Å²) < 4.78 is 9.57. The van der Waals surface area contributed by atoms with Crippen molar-refractivity contribution in [2.75, 3.05) is 13.7 Å². The third-order valence-electron chi connectivity index (χ3n) is 1.27. The summed E-state index contributed by atoms with van der Waals surface area (Å²) in [5.74, 6) is 0.